The van der Waals surface area contributed by atoms with Crippen LogP contribution < -0.4 is 5.32 Å². The number of hydrogen-bond acceptors (Lipinski definition) is 4. The van der Waals surface area contributed by atoms with Crippen LogP contribution in [0.1, 0.15) is 71.2 Å². The van der Waals surface area contributed by atoms with Crippen molar-refractivity contribution < 1.29 is 24.9 Å². The van der Waals surface area contributed by atoms with E-state index in [2.05, 4.69) is 5.32 Å². The van der Waals surface area contributed by atoms with Crippen molar-refractivity contribution in [1.82, 2.24) is 5.32 Å². The zero-order valence-corrected chi connectivity index (χ0v) is 17.8. The van der Waals surface area contributed by atoms with Crippen molar-refractivity contribution >= 4 is 11.9 Å². The van der Waals surface area contributed by atoms with E-state index >= 15 is 0 Å². The summed E-state index contributed by atoms with van der Waals surface area (Å²) in [6.07, 6.45) is 2.83. The largest absolute Gasteiger partial charge is 0.478 e. The van der Waals surface area contributed by atoms with E-state index < -0.39 is 17.7 Å². The molecule has 4 atom stereocenters. The highest BCUT2D eigenvalue weighted by molar-refractivity contribution is 5.95. The average Bonchev–Trinajstić information content (AvgIpc) is 2.80. The first-order valence-corrected chi connectivity index (χ1v) is 10.8. The monoisotopic (exact) mass is 425 g/mol. The van der Waals surface area contributed by atoms with Crippen LogP contribution in [-0.4, -0.2) is 45.4 Å². The molecule has 4 N–H and O–H groups in total. The fourth-order valence-electron chi connectivity index (χ4n) is 4.49. The zero-order valence-electron chi connectivity index (χ0n) is 17.8. The molecule has 6 heteroatoms. The van der Waals surface area contributed by atoms with Gasteiger partial charge in [0.15, 0.2) is 0 Å². The van der Waals surface area contributed by atoms with E-state index in [0.29, 0.717) is 37.8 Å². The molecule has 0 unspecified atom stereocenters. The second kappa shape index (κ2) is 10.1. The van der Waals surface area contributed by atoms with Gasteiger partial charge in [-0.2, -0.15) is 0 Å². The van der Waals surface area contributed by atoms with Gasteiger partial charge in [-0.05, 0) is 68.4 Å². The topological polar surface area (TPSA) is 107 Å². The van der Waals surface area contributed by atoms with Crippen LogP contribution in [0.2, 0.25) is 0 Å². The van der Waals surface area contributed by atoms with Crippen molar-refractivity contribution in [3.63, 3.8) is 0 Å². The third-order valence-corrected chi connectivity index (χ3v) is 6.36. The number of aromatic carboxylic acids is 1. The molecule has 1 aliphatic rings. The van der Waals surface area contributed by atoms with Gasteiger partial charge in [-0.15, -0.1) is 0 Å². The molecule has 0 aliphatic heterocycles. The Morgan fingerprint density at radius 3 is 2.32 bits per heavy atom. The molecule has 1 aliphatic carbocycles. The summed E-state index contributed by atoms with van der Waals surface area (Å²) >= 11 is 0. The first kappa shape index (κ1) is 23.0. The van der Waals surface area contributed by atoms with Crippen LogP contribution >= 0.6 is 0 Å². The molecule has 1 fully saturated rings. The summed E-state index contributed by atoms with van der Waals surface area (Å²) in [6, 6.07) is 15.7. The Balaban J connectivity index is 1.70. The van der Waals surface area contributed by atoms with Crippen molar-refractivity contribution in [1.29, 1.82) is 0 Å². The van der Waals surface area contributed by atoms with Gasteiger partial charge in [0.1, 0.15) is 0 Å². The maximum atomic E-state index is 12.6. The lowest BCUT2D eigenvalue weighted by atomic mass is 9.77. The number of nitrogens with one attached hydrogen (secondary N) is 1. The Labute approximate surface area is 182 Å². The van der Waals surface area contributed by atoms with Gasteiger partial charge in [0.05, 0.1) is 17.3 Å². The lowest BCUT2D eigenvalue weighted by molar-refractivity contribution is -0.0174. The lowest BCUT2D eigenvalue weighted by Gasteiger charge is -2.35. The molecule has 0 bridgehead atoms. The number of amides is 1. The summed E-state index contributed by atoms with van der Waals surface area (Å²) < 4.78 is 0. The standard InChI is InChI=1S/C25H31NO5/c1-25(31)15-20(17-6-3-2-4-7-17)14-22(27)9-5-8-21(25)16-26-23(28)18-10-12-19(13-11-18)24(29)30/h2-4,6-7,10-13,20-22,27,31H,5,8-9,14-16H2,1H3,(H,26,28)(H,29,30)/t20-,21+,22+,25-/m0/s1. The minimum atomic E-state index is -1.04. The average molecular weight is 426 g/mol. The Hall–Kier alpha value is -2.70. The summed E-state index contributed by atoms with van der Waals surface area (Å²) in [7, 11) is 0. The molecule has 0 spiro atoms. The maximum Gasteiger partial charge on any atom is 0.335 e. The van der Waals surface area contributed by atoms with Crippen molar-refractivity contribution in [2.75, 3.05) is 6.54 Å². The minimum Gasteiger partial charge on any atom is -0.478 e. The van der Waals surface area contributed by atoms with Crippen LogP contribution in [0.3, 0.4) is 0 Å². The predicted molar refractivity (Wildman–Crippen MR) is 118 cm³/mol. The second-order valence-corrected chi connectivity index (χ2v) is 8.78. The number of carboxylic acid groups (broad SMARTS) is 1. The number of carbonyl (C=O) groups excluding carboxylic acids is 1. The first-order chi connectivity index (χ1) is 14.8. The molecule has 2 aromatic rings. The van der Waals surface area contributed by atoms with E-state index in [4.69, 9.17) is 5.11 Å². The number of hydrogen-bond donors (Lipinski definition) is 4. The van der Waals surface area contributed by atoms with Crippen LogP contribution in [-0.2, 0) is 0 Å². The van der Waals surface area contributed by atoms with Crippen LogP contribution in [0.15, 0.2) is 54.6 Å². The third-order valence-electron chi connectivity index (χ3n) is 6.36. The minimum absolute atomic E-state index is 0.0334. The Kier molecular flexibility index (Phi) is 7.46. The summed E-state index contributed by atoms with van der Waals surface area (Å²) in [5, 5.41) is 33.7. The summed E-state index contributed by atoms with van der Waals surface area (Å²) in [6.45, 7) is 2.13. The van der Waals surface area contributed by atoms with Gasteiger partial charge in [-0.1, -0.05) is 36.8 Å². The van der Waals surface area contributed by atoms with E-state index in [-0.39, 0.29) is 23.3 Å². The van der Waals surface area contributed by atoms with Gasteiger partial charge in [-0.25, -0.2) is 4.79 Å². The Bertz CT molecular complexity index is 879. The van der Waals surface area contributed by atoms with Gasteiger partial charge in [0, 0.05) is 18.0 Å². The van der Waals surface area contributed by atoms with Gasteiger partial charge in [0.2, 0.25) is 0 Å². The van der Waals surface area contributed by atoms with Crippen molar-refractivity contribution in [2.24, 2.45) is 5.92 Å². The fourth-order valence-corrected chi connectivity index (χ4v) is 4.49. The highest BCUT2D eigenvalue weighted by Crippen LogP contribution is 2.38. The molecule has 0 radical (unpaired) electrons. The normalized spacial score (nSPS) is 26.9. The molecule has 0 heterocycles. The van der Waals surface area contributed by atoms with E-state index in [0.717, 1.165) is 12.0 Å². The van der Waals surface area contributed by atoms with Crippen molar-refractivity contribution in [3.05, 3.63) is 71.3 Å². The summed E-state index contributed by atoms with van der Waals surface area (Å²) in [5.41, 5.74) is 0.599. The highest BCUT2D eigenvalue weighted by atomic mass is 16.4. The maximum absolute atomic E-state index is 12.6. The third kappa shape index (κ3) is 6.15. The van der Waals surface area contributed by atoms with Crippen LogP contribution in [0.5, 0.6) is 0 Å². The Morgan fingerprint density at radius 2 is 1.68 bits per heavy atom. The molecule has 166 valence electrons. The van der Waals surface area contributed by atoms with Crippen LogP contribution in [0, 0.1) is 5.92 Å². The number of rotatable bonds is 5. The number of aliphatic hydroxyl groups excluding tert-OH is 1. The molecule has 1 amide bonds. The van der Waals surface area contributed by atoms with E-state index in [1.165, 1.54) is 24.3 Å². The molecule has 0 aromatic heterocycles. The van der Waals surface area contributed by atoms with Crippen LogP contribution in [0.25, 0.3) is 0 Å². The quantitative estimate of drug-likeness (QED) is 0.586. The van der Waals surface area contributed by atoms with Gasteiger partial charge in [0.25, 0.3) is 5.91 Å². The molecule has 1 saturated carbocycles. The molecule has 0 saturated heterocycles. The SMILES string of the molecule is C[C@]1(O)C[C@@H](c2ccccc2)C[C@H](O)CCC[C@@H]1CNC(=O)c1ccc(C(=O)O)cc1. The highest BCUT2D eigenvalue weighted by Gasteiger charge is 2.36. The molecule has 6 nitrogen and oxygen atoms in total. The molecular formula is C25H31NO5. The number of aliphatic hydroxyl groups is 2. The smallest absolute Gasteiger partial charge is 0.335 e. The summed E-state index contributed by atoms with van der Waals surface area (Å²) in [4.78, 5) is 23.5. The molecule has 31 heavy (non-hydrogen) atoms. The van der Waals surface area contributed by atoms with Crippen molar-refractivity contribution in [3.8, 4) is 0 Å². The summed E-state index contributed by atoms with van der Waals surface area (Å²) in [5.74, 6) is -1.46. The molecular weight excluding hydrogens is 394 g/mol. The first-order valence-electron chi connectivity index (χ1n) is 10.8. The lowest BCUT2D eigenvalue weighted by Crippen LogP contribution is -2.43. The molecule has 3 rings (SSSR count). The molecule has 2 aromatic carbocycles. The zero-order chi connectivity index (χ0) is 22.4. The number of carbonyl (C=O) groups is 2. The predicted octanol–water partition coefficient (Wildman–Crippen LogP) is 3.59. The van der Waals surface area contributed by atoms with Crippen LogP contribution in [0.4, 0.5) is 0 Å². The van der Waals surface area contributed by atoms with Gasteiger partial charge in [-0.3, -0.25) is 4.79 Å². The second-order valence-electron chi connectivity index (χ2n) is 8.78. The number of carboxylic acids is 1. The van der Waals surface area contributed by atoms with Gasteiger partial charge >= 0.3 is 5.97 Å². The van der Waals surface area contributed by atoms with E-state index in [1.807, 2.05) is 37.3 Å². The fraction of sp³-hybridized carbons (Fsp3) is 0.440. The van der Waals surface area contributed by atoms with E-state index in [9.17, 15) is 19.8 Å². The Morgan fingerprint density at radius 1 is 1.03 bits per heavy atom. The number of benzene rings is 2. The van der Waals surface area contributed by atoms with E-state index in [1.54, 1.807) is 0 Å². The van der Waals surface area contributed by atoms with Crippen molar-refractivity contribution in [2.45, 2.75) is 56.7 Å². The van der Waals surface area contributed by atoms with Gasteiger partial charge < -0.3 is 20.6 Å².